The normalized spacial score (nSPS) is 14.5. The maximum atomic E-state index is 11.5. The van der Waals surface area contributed by atoms with E-state index >= 15 is 0 Å². The van der Waals surface area contributed by atoms with E-state index in [1.54, 1.807) is 0 Å². The molecule has 1 amide bonds. The maximum absolute atomic E-state index is 11.5. The molecule has 1 fully saturated rings. The second-order valence-corrected chi connectivity index (χ2v) is 4.81. The molecule has 1 aliphatic rings. The lowest BCUT2D eigenvalue weighted by Crippen LogP contribution is -2.30. The van der Waals surface area contributed by atoms with Gasteiger partial charge in [0.25, 0.3) is 5.91 Å². The molecule has 3 heteroatoms. The van der Waals surface area contributed by atoms with Gasteiger partial charge in [-0.25, -0.2) is 0 Å². The Morgan fingerprint density at radius 1 is 1.41 bits per heavy atom. The van der Waals surface area contributed by atoms with Crippen LogP contribution in [0.5, 0.6) is 5.75 Å². The molecule has 0 spiro atoms. The number of nitrogens with one attached hydrogen (secondary N) is 1. The van der Waals surface area contributed by atoms with Crippen molar-refractivity contribution in [2.45, 2.75) is 26.7 Å². The summed E-state index contributed by atoms with van der Waals surface area (Å²) in [5.41, 5.74) is 2.27. The zero-order valence-electron chi connectivity index (χ0n) is 10.5. The summed E-state index contributed by atoms with van der Waals surface area (Å²) in [4.78, 5) is 11.5. The largest absolute Gasteiger partial charge is 0.484 e. The Labute approximate surface area is 102 Å². The van der Waals surface area contributed by atoms with Gasteiger partial charge in [-0.3, -0.25) is 4.79 Å². The summed E-state index contributed by atoms with van der Waals surface area (Å²) in [5.74, 6) is 1.47. The molecular formula is C14H19NO2. The van der Waals surface area contributed by atoms with Crippen LogP contribution in [0, 0.1) is 19.8 Å². The van der Waals surface area contributed by atoms with Crippen LogP contribution in [0.2, 0.25) is 0 Å². The molecule has 0 radical (unpaired) electrons. The first kappa shape index (κ1) is 12.0. The van der Waals surface area contributed by atoms with Crippen LogP contribution < -0.4 is 10.1 Å². The van der Waals surface area contributed by atoms with Crippen molar-refractivity contribution in [3.63, 3.8) is 0 Å². The highest BCUT2D eigenvalue weighted by Gasteiger charge is 2.21. The van der Waals surface area contributed by atoms with Crippen LogP contribution >= 0.6 is 0 Å². The Morgan fingerprint density at radius 3 is 2.82 bits per heavy atom. The highest BCUT2D eigenvalue weighted by atomic mass is 16.5. The molecule has 92 valence electrons. The Bertz CT molecular complexity index is 411. The van der Waals surface area contributed by atoms with Gasteiger partial charge in [-0.1, -0.05) is 17.7 Å². The fourth-order valence-electron chi connectivity index (χ4n) is 1.74. The van der Waals surface area contributed by atoms with E-state index in [0.29, 0.717) is 5.92 Å². The smallest absolute Gasteiger partial charge is 0.257 e. The topological polar surface area (TPSA) is 38.3 Å². The minimum Gasteiger partial charge on any atom is -0.484 e. The summed E-state index contributed by atoms with van der Waals surface area (Å²) < 4.78 is 5.49. The van der Waals surface area contributed by atoms with Gasteiger partial charge < -0.3 is 10.1 Å². The molecule has 1 aromatic carbocycles. The van der Waals surface area contributed by atoms with Gasteiger partial charge in [0.15, 0.2) is 6.61 Å². The van der Waals surface area contributed by atoms with Crippen LogP contribution in [0.1, 0.15) is 24.0 Å². The second-order valence-electron chi connectivity index (χ2n) is 4.81. The lowest BCUT2D eigenvalue weighted by molar-refractivity contribution is -0.123. The van der Waals surface area contributed by atoms with Crippen molar-refractivity contribution in [3.05, 3.63) is 29.3 Å². The van der Waals surface area contributed by atoms with Gasteiger partial charge in [0.1, 0.15) is 5.75 Å². The summed E-state index contributed by atoms with van der Waals surface area (Å²) in [6.45, 7) is 4.94. The van der Waals surface area contributed by atoms with Gasteiger partial charge in [-0.15, -0.1) is 0 Å². The van der Waals surface area contributed by atoms with Gasteiger partial charge >= 0.3 is 0 Å². The molecule has 3 nitrogen and oxygen atoms in total. The second kappa shape index (κ2) is 5.21. The Hall–Kier alpha value is -1.51. The van der Waals surface area contributed by atoms with Gasteiger partial charge in [0, 0.05) is 6.54 Å². The average molecular weight is 233 g/mol. The molecule has 1 aromatic rings. The molecule has 0 saturated heterocycles. The molecular weight excluding hydrogens is 214 g/mol. The number of hydrogen-bond acceptors (Lipinski definition) is 2. The third-order valence-electron chi connectivity index (χ3n) is 2.97. The number of rotatable bonds is 5. The van der Waals surface area contributed by atoms with Crippen LogP contribution in [-0.4, -0.2) is 19.1 Å². The summed E-state index contributed by atoms with van der Waals surface area (Å²) in [6.07, 6.45) is 2.50. The van der Waals surface area contributed by atoms with Crippen molar-refractivity contribution in [3.8, 4) is 5.75 Å². The third-order valence-corrected chi connectivity index (χ3v) is 2.97. The predicted molar refractivity (Wildman–Crippen MR) is 67.1 cm³/mol. The number of aryl methyl sites for hydroxylation is 2. The molecule has 1 N–H and O–H groups in total. The maximum Gasteiger partial charge on any atom is 0.257 e. The van der Waals surface area contributed by atoms with Crippen molar-refractivity contribution < 1.29 is 9.53 Å². The van der Waals surface area contributed by atoms with E-state index in [-0.39, 0.29) is 12.5 Å². The summed E-state index contributed by atoms with van der Waals surface area (Å²) in [6, 6.07) is 5.96. The lowest BCUT2D eigenvalue weighted by Gasteiger charge is -2.09. The number of amides is 1. The molecule has 0 aromatic heterocycles. The fraction of sp³-hybridized carbons (Fsp3) is 0.500. The Balaban J connectivity index is 1.77. The summed E-state index contributed by atoms with van der Waals surface area (Å²) in [5, 5.41) is 2.88. The molecule has 1 aliphatic carbocycles. The lowest BCUT2D eigenvalue weighted by atomic mass is 10.1. The number of ether oxygens (including phenoxy) is 1. The number of hydrogen-bond donors (Lipinski definition) is 1. The quantitative estimate of drug-likeness (QED) is 0.846. The SMILES string of the molecule is Cc1ccc(OCC(=O)NCC2CC2)c(C)c1. The van der Waals surface area contributed by atoms with Crippen molar-refractivity contribution >= 4 is 5.91 Å². The zero-order valence-corrected chi connectivity index (χ0v) is 10.5. The number of benzene rings is 1. The Morgan fingerprint density at radius 2 is 2.18 bits per heavy atom. The van der Waals surface area contributed by atoms with Gasteiger partial charge in [0.2, 0.25) is 0 Å². The first-order valence-electron chi connectivity index (χ1n) is 6.12. The number of carbonyl (C=O) groups excluding carboxylic acids is 1. The van der Waals surface area contributed by atoms with Crippen LogP contribution in [0.3, 0.4) is 0 Å². The van der Waals surface area contributed by atoms with Crippen LogP contribution in [-0.2, 0) is 4.79 Å². The Kier molecular flexibility index (Phi) is 3.67. The minimum absolute atomic E-state index is 0.0307. The fourth-order valence-corrected chi connectivity index (χ4v) is 1.74. The van der Waals surface area contributed by atoms with Crippen LogP contribution in [0.4, 0.5) is 0 Å². The van der Waals surface area contributed by atoms with Gasteiger partial charge in [0.05, 0.1) is 0 Å². The molecule has 2 rings (SSSR count). The standard InChI is InChI=1S/C14H19NO2/c1-10-3-6-13(11(2)7-10)17-9-14(16)15-8-12-4-5-12/h3,6-7,12H,4-5,8-9H2,1-2H3,(H,15,16). The van der Waals surface area contributed by atoms with Crippen molar-refractivity contribution in [2.75, 3.05) is 13.2 Å². The molecule has 0 atom stereocenters. The first-order chi connectivity index (χ1) is 8.15. The summed E-state index contributed by atoms with van der Waals surface area (Å²) >= 11 is 0. The van der Waals surface area contributed by atoms with E-state index < -0.39 is 0 Å². The molecule has 17 heavy (non-hydrogen) atoms. The predicted octanol–water partition coefficient (Wildman–Crippen LogP) is 2.21. The van der Waals surface area contributed by atoms with E-state index in [1.807, 2.05) is 26.0 Å². The highest BCUT2D eigenvalue weighted by molar-refractivity contribution is 5.77. The van der Waals surface area contributed by atoms with Crippen LogP contribution in [0.25, 0.3) is 0 Å². The van der Waals surface area contributed by atoms with E-state index in [0.717, 1.165) is 17.9 Å². The molecule has 0 bridgehead atoms. The summed E-state index contributed by atoms with van der Waals surface area (Å²) in [7, 11) is 0. The van der Waals surface area contributed by atoms with Gasteiger partial charge in [-0.2, -0.15) is 0 Å². The average Bonchev–Trinajstić information content (AvgIpc) is 3.09. The third kappa shape index (κ3) is 3.77. The highest BCUT2D eigenvalue weighted by Crippen LogP contribution is 2.27. The van der Waals surface area contributed by atoms with E-state index in [9.17, 15) is 4.79 Å². The van der Waals surface area contributed by atoms with E-state index in [1.165, 1.54) is 18.4 Å². The molecule has 0 heterocycles. The van der Waals surface area contributed by atoms with E-state index in [2.05, 4.69) is 11.4 Å². The first-order valence-corrected chi connectivity index (χ1v) is 6.12. The van der Waals surface area contributed by atoms with Crippen molar-refractivity contribution in [1.29, 1.82) is 0 Å². The van der Waals surface area contributed by atoms with E-state index in [4.69, 9.17) is 4.74 Å². The van der Waals surface area contributed by atoms with Crippen molar-refractivity contribution in [2.24, 2.45) is 5.92 Å². The zero-order chi connectivity index (χ0) is 12.3. The molecule has 0 aliphatic heterocycles. The van der Waals surface area contributed by atoms with Gasteiger partial charge in [-0.05, 0) is 44.2 Å². The van der Waals surface area contributed by atoms with Crippen LogP contribution in [0.15, 0.2) is 18.2 Å². The monoisotopic (exact) mass is 233 g/mol. The van der Waals surface area contributed by atoms with Crippen molar-refractivity contribution in [1.82, 2.24) is 5.32 Å². The minimum atomic E-state index is -0.0307. The molecule has 0 unspecified atom stereocenters. The molecule has 1 saturated carbocycles. The number of carbonyl (C=O) groups is 1.